The summed E-state index contributed by atoms with van der Waals surface area (Å²) in [7, 11) is 0. The number of nitrogens with zero attached hydrogens (tertiary/aromatic N) is 4. The van der Waals surface area contributed by atoms with Crippen LogP contribution in [0.1, 0.15) is 49.7 Å². The van der Waals surface area contributed by atoms with Gasteiger partial charge in [0, 0.05) is 30.3 Å². The zero-order valence-electron chi connectivity index (χ0n) is 25.0. The number of rotatable bonds is 6. The molecule has 0 unspecified atom stereocenters. The number of para-hydroxylation sites is 1. The number of hydrazone groups is 1. The topological polar surface area (TPSA) is 72.3 Å². The quantitative estimate of drug-likeness (QED) is 0.241. The van der Waals surface area contributed by atoms with Gasteiger partial charge < -0.3 is 10.6 Å². The monoisotopic (exact) mass is 582 g/mol. The predicted molar refractivity (Wildman–Crippen MR) is 179 cm³/mol. The van der Waals surface area contributed by atoms with Gasteiger partial charge in [-0.3, -0.25) is 9.89 Å². The molecule has 1 aliphatic carbocycles. The third-order valence-corrected chi connectivity index (χ3v) is 8.76. The van der Waals surface area contributed by atoms with Crippen molar-refractivity contribution < 1.29 is 4.79 Å². The molecular formula is C37H38N6O. The van der Waals surface area contributed by atoms with Crippen LogP contribution in [0.25, 0.3) is 11.1 Å². The molecule has 2 aliphatic heterocycles. The van der Waals surface area contributed by atoms with Crippen molar-refractivity contribution >= 4 is 34.8 Å². The highest BCUT2D eigenvalue weighted by Gasteiger charge is 2.34. The molecule has 3 aliphatic rings. The summed E-state index contributed by atoms with van der Waals surface area (Å²) in [5.74, 6) is 1.11. The van der Waals surface area contributed by atoms with E-state index in [1.807, 2.05) is 47.4 Å². The second-order valence-corrected chi connectivity index (χ2v) is 11.7. The zero-order chi connectivity index (χ0) is 29.7. The van der Waals surface area contributed by atoms with E-state index in [9.17, 15) is 4.79 Å². The Morgan fingerprint density at radius 3 is 2.27 bits per heavy atom. The van der Waals surface area contributed by atoms with Gasteiger partial charge in [0.1, 0.15) is 0 Å². The molecule has 2 heterocycles. The van der Waals surface area contributed by atoms with Crippen LogP contribution in [-0.4, -0.2) is 35.8 Å². The SMILES string of the molecule is O=C1N(Cc2ccccc2-c2ccccc2)N=C(C2CCCCC2)c2ccccc2N1c1ccc(NC2=NCCCN2)cc1. The smallest absolute Gasteiger partial charge is 0.349 e. The summed E-state index contributed by atoms with van der Waals surface area (Å²) in [5, 5.41) is 13.6. The fraction of sp³-hybridized carbons (Fsp3) is 0.270. The van der Waals surface area contributed by atoms with E-state index in [0.717, 1.165) is 83.3 Å². The number of urea groups is 1. The van der Waals surface area contributed by atoms with Crippen LogP contribution in [0.15, 0.2) is 113 Å². The van der Waals surface area contributed by atoms with Crippen LogP contribution in [0.5, 0.6) is 0 Å². The van der Waals surface area contributed by atoms with Crippen LogP contribution < -0.4 is 15.5 Å². The molecule has 44 heavy (non-hydrogen) atoms. The van der Waals surface area contributed by atoms with Crippen molar-refractivity contribution in [3.8, 4) is 11.1 Å². The summed E-state index contributed by atoms with van der Waals surface area (Å²) in [5.41, 5.74) is 7.95. The predicted octanol–water partition coefficient (Wildman–Crippen LogP) is 8.17. The van der Waals surface area contributed by atoms with Crippen molar-refractivity contribution in [3.05, 3.63) is 114 Å². The molecule has 1 saturated carbocycles. The van der Waals surface area contributed by atoms with Crippen molar-refractivity contribution in [1.29, 1.82) is 0 Å². The van der Waals surface area contributed by atoms with Gasteiger partial charge in [-0.05, 0) is 66.3 Å². The molecule has 0 bridgehead atoms. The molecule has 4 aromatic carbocycles. The number of nitrogens with one attached hydrogen (secondary N) is 2. The maximum Gasteiger partial charge on any atom is 0.349 e. The molecule has 0 aromatic heterocycles. The van der Waals surface area contributed by atoms with Gasteiger partial charge in [-0.15, -0.1) is 0 Å². The normalized spacial score (nSPS) is 17.2. The van der Waals surface area contributed by atoms with E-state index in [1.54, 1.807) is 5.01 Å². The summed E-state index contributed by atoms with van der Waals surface area (Å²) in [6.45, 7) is 2.10. The van der Waals surface area contributed by atoms with E-state index in [4.69, 9.17) is 5.10 Å². The van der Waals surface area contributed by atoms with Crippen LogP contribution in [0.3, 0.4) is 0 Å². The van der Waals surface area contributed by atoms with Gasteiger partial charge in [-0.1, -0.05) is 92.1 Å². The first kappa shape index (κ1) is 27.9. The molecule has 0 spiro atoms. The summed E-state index contributed by atoms with van der Waals surface area (Å²) >= 11 is 0. The average Bonchev–Trinajstić information content (AvgIpc) is 3.21. The molecule has 7 nitrogen and oxygen atoms in total. The number of benzene rings is 4. The van der Waals surface area contributed by atoms with Crippen molar-refractivity contribution in [1.82, 2.24) is 10.3 Å². The van der Waals surface area contributed by atoms with E-state index in [0.29, 0.717) is 12.5 Å². The number of carbonyl (C=O) groups is 1. The minimum Gasteiger partial charge on any atom is -0.356 e. The molecule has 1 fully saturated rings. The van der Waals surface area contributed by atoms with Gasteiger partial charge in [0.2, 0.25) is 0 Å². The lowest BCUT2D eigenvalue weighted by molar-refractivity contribution is 0.207. The maximum atomic E-state index is 14.7. The lowest BCUT2D eigenvalue weighted by atomic mass is 9.83. The fourth-order valence-electron chi connectivity index (χ4n) is 6.53. The number of hydrogen-bond acceptors (Lipinski definition) is 5. The lowest BCUT2D eigenvalue weighted by Gasteiger charge is -2.27. The van der Waals surface area contributed by atoms with Crippen LogP contribution >= 0.6 is 0 Å². The third kappa shape index (κ3) is 5.82. The Labute approximate surface area is 259 Å². The Morgan fingerprint density at radius 1 is 0.773 bits per heavy atom. The highest BCUT2D eigenvalue weighted by atomic mass is 16.2. The molecule has 2 N–H and O–H groups in total. The number of aliphatic imine (C=N–C) groups is 1. The Hall–Kier alpha value is -4.91. The largest absolute Gasteiger partial charge is 0.356 e. The van der Waals surface area contributed by atoms with Crippen molar-refractivity contribution in [2.24, 2.45) is 16.0 Å². The minimum absolute atomic E-state index is 0.162. The van der Waals surface area contributed by atoms with Gasteiger partial charge in [-0.2, -0.15) is 5.10 Å². The molecule has 2 amide bonds. The molecule has 222 valence electrons. The zero-order valence-corrected chi connectivity index (χ0v) is 25.0. The van der Waals surface area contributed by atoms with E-state index in [1.165, 1.54) is 19.3 Å². The number of carbonyl (C=O) groups excluding carboxylic acids is 1. The Kier molecular flexibility index (Phi) is 8.09. The Bertz CT molecular complexity index is 1670. The van der Waals surface area contributed by atoms with Gasteiger partial charge >= 0.3 is 6.03 Å². The first-order valence-electron chi connectivity index (χ1n) is 15.8. The van der Waals surface area contributed by atoms with Crippen LogP contribution in [-0.2, 0) is 6.54 Å². The van der Waals surface area contributed by atoms with Gasteiger partial charge in [-0.25, -0.2) is 9.80 Å². The first-order chi connectivity index (χ1) is 21.7. The summed E-state index contributed by atoms with van der Waals surface area (Å²) in [4.78, 5) is 21.1. The molecule has 7 rings (SSSR count). The standard InChI is InChI=1S/C37H38N6O/c44-37-42(26-29-16-7-8-17-32(29)27-12-3-1-4-13-27)41-35(28-14-5-2-6-15-28)33-18-9-10-19-34(33)43(37)31-22-20-30(21-23-31)40-36-38-24-11-25-39-36/h1,3-4,7-10,12-13,16-23,28H,2,5-6,11,14-15,24-26H2,(H2,38,39,40). The van der Waals surface area contributed by atoms with Crippen LogP contribution in [0.4, 0.5) is 21.9 Å². The van der Waals surface area contributed by atoms with Crippen molar-refractivity contribution in [2.75, 3.05) is 23.3 Å². The molecule has 7 heteroatoms. The average molecular weight is 583 g/mol. The molecule has 0 saturated heterocycles. The van der Waals surface area contributed by atoms with E-state index < -0.39 is 0 Å². The van der Waals surface area contributed by atoms with Crippen LogP contribution in [0, 0.1) is 5.92 Å². The van der Waals surface area contributed by atoms with Gasteiger partial charge in [0.05, 0.1) is 23.6 Å². The summed E-state index contributed by atoms with van der Waals surface area (Å²) < 4.78 is 0. The number of fused-ring (bicyclic) bond motifs is 1. The van der Waals surface area contributed by atoms with E-state index >= 15 is 0 Å². The minimum atomic E-state index is -0.162. The third-order valence-electron chi connectivity index (χ3n) is 8.76. The van der Waals surface area contributed by atoms with Gasteiger partial charge in [0.15, 0.2) is 5.96 Å². The number of hydrogen-bond donors (Lipinski definition) is 2. The van der Waals surface area contributed by atoms with Crippen molar-refractivity contribution in [2.45, 2.75) is 45.1 Å². The first-order valence-corrected chi connectivity index (χ1v) is 15.8. The Morgan fingerprint density at radius 2 is 1.50 bits per heavy atom. The Balaban J connectivity index is 1.29. The van der Waals surface area contributed by atoms with E-state index in [2.05, 4.69) is 76.3 Å². The van der Waals surface area contributed by atoms with Crippen LogP contribution in [0.2, 0.25) is 0 Å². The molecule has 0 radical (unpaired) electrons. The fourth-order valence-corrected chi connectivity index (χ4v) is 6.53. The number of amides is 2. The molecular weight excluding hydrogens is 544 g/mol. The number of guanidine groups is 1. The number of anilines is 3. The summed E-state index contributed by atoms with van der Waals surface area (Å²) in [6.07, 6.45) is 6.86. The van der Waals surface area contributed by atoms with Crippen molar-refractivity contribution in [3.63, 3.8) is 0 Å². The second kappa shape index (κ2) is 12.8. The lowest BCUT2D eigenvalue weighted by Crippen LogP contribution is -2.37. The van der Waals surface area contributed by atoms with Gasteiger partial charge in [0.25, 0.3) is 0 Å². The second-order valence-electron chi connectivity index (χ2n) is 11.7. The highest BCUT2D eigenvalue weighted by Crippen LogP contribution is 2.38. The maximum absolute atomic E-state index is 14.7. The molecule has 4 aromatic rings. The molecule has 0 atom stereocenters. The summed E-state index contributed by atoms with van der Waals surface area (Å²) in [6, 6.07) is 34.8. The highest BCUT2D eigenvalue weighted by molar-refractivity contribution is 6.14. The van der Waals surface area contributed by atoms with E-state index in [-0.39, 0.29) is 6.03 Å².